The van der Waals surface area contributed by atoms with Gasteiger partial charge in [0, 0.05) is 40.4 Å². The third-order valence-electron chi connectivity index (χ3n) is 4.94. The van der Waals surface area contributed by atoms with E-state index in [9.17, 15) is 9.59 Å². The highest BCUT2D eigenvalue weighted by atomic mass is 16.2. The topological polar surface area (TPSA) is 86.9 Å². The van der Waals surface area contributed by atoms with Crippen LogP contribution >= 0.6 is 0 Å². The van der Waals surface area contributed by atoms with Gasteiger partial charge in [-0.2, -0.15) is 0 Å². The number of benzene rings is 2. The molecule has 4 aromatic rings. The summed E-state index contributed by atoms with van der Waals surface area (Å²) in [6.07, 6.45) is 3.39. The standard InChI is InChI=1S/C24H22N4O2/c1-15-8-9-22-21(11-15)20(16(2)26-22)13-23(29)27-18-6-3-7-19(12-18)28-24(30)17-5-4-10-25-14-17/h3-12,14,26H,13H2,1-2H3,(H,27,29)(H,28,30). The fourth-order valence-electron chi connectivity index (χ4n) is 3.46. The number of nitrogens with zero attached hydrogens (tertiary/aromatic N) is 1. The number of hydrogen-bond donors (Lipinski definition) is 3. The zero-order valence-electron chi connectivity index (χ0n) is 16.8. The van der Waals surface area contributed by atoms with E-state index in [4.69, 9.17) is 0 Å². The number of anilines is 2. The van der Waals surface area contributed by atoms with Crippen LogP contribution < -0.4 is 10.6 Å². The molecule has 0 fully saturated rings. The summed E-state index contributed by atoms with van der Waals surface area (Å²) >= 11 is 0. The van der Waals surface area contributed by atoms with Crippen molar-refractivity contribution < 1.29 is 9.59 Å². The third-order valence-corrected chi connectivity index (χ3v) is 4.94. The van der Waals surface area contributed by atoms with Gasteiger partial charge in [0.1, 0.15) is 0 Å². The molecule has 2 aromatic carbocycles. The van der Waals surface area contributed by atoms with E-state index in [0.29, 0.717) is 16.9 Å². The number of amides is 2. The van der Waals surface area contributed by atoms with E-state index in [2.05, 4.69) is 26.7 Å². The number of H-pyrrole nitrogens is 1. The maximum atomic E-state index is 12.7. The predicted molar refractivity (Wildman–Crippen MR) is 119 cm³/mol. The van der Waals surface area contributed by atoms with Crippen LogP contribution in [0, 0.1) is 13.8 Å². The monoisotopic (exact) mass is 398 g/mol. The Labute approximate surface area is 174 Å². The normalized spacial score (nSPS) is 10.7. The van der Waals surface area contributed by atoms with Gasteiger partial charge in [-0.3, -0.25) is 14.6 Å². The van der Waals surface area contributed by atoms with Crippen LogP contribution in [0.15, 0.2) is 67.0 Å². The average molecular weight is 398 g/mol. The Bertz CT molecular complexity index is 1230. The fraction of sp³-hybridized carbons (Fsp3) is 0.125. The molecule has 2 amide bonds. The first-order valence-electron chi connectivity index (χ1n) is 9.69. The fourth-order valence-corrected chi connectivity index (χ4v) is 3.46. The van der Waals surface area contributed by atoms with Crippen LogP contribution in [0.2, 0.25) is 0 Å². The van der Waals surface area contributed by atoms with Gasteiger partial charge in [0.15, 0.2) is 0 Å². The van der Waals surface area contributed by atoms with Gasteiger partial charge in [-0.25, -0.2) is 0 Å². The lowest BCUT2D eigenvalue weighted by atomic mass is 10.1. The molecule has 0 unspecified atom stereocenters. The molecule has 0 spiro atoms. The second kappa shape index (κ2) is 8.21. The van der Waals surface area contributed by atoms with Crippen molar-refractivity contribution in [2.24, 2.45) is 0 Å². The Balaban J connectivity index is 1.47. The maximum absolute atomic E-state index is 12.7. The molecule has 30 heavy (non-hydrogen) atoms. The lowest BCUT2D eigenvalue weighted by Gasteiger charge is -2.09. The summed E-state index contributed by atoms with van der Waals surface area (Å²) in [5, 5.41) is 6.81. The summed E-state index contributed by atoms with van der Waals surface area (Å²) in [5.74, 6) is -0.368. The van der Waals surface area contributed by atoms with Crippen molar-refractivity contribution in [2.75, 3.05) is 10.6 Å². The molecule has 6 nitrogen and oxygen atoms in total. The van der Waals surface area contributed by atoms with Crippen LogP contribution in [0.3, 0.4) is 0 Å². The molecule has 0 radical (unpaired) electrons. The van der Waals surface area contributed by atoms with Crippen molar-refractivity contribution in [2.45, 2.75) is 20.3 Å². The Morgan fingerprint density at radius 2 is 1.77 bits per heavy atom. The minimum absolute atomic E-state index is 0.115. The zero-order valence-corrected chi connectivity index (χ0v) is 16.8. The van der Waals surface area contributed by atoms with Crippen molar-refractivity contribution in [3.8, 4) is 0 Å². The highest BCUT2D eigenvalue weighted by Gasteiger charge is 2.13. The summed E-state index contributed by atoms with van der Waals surface area (Å²) in [7, 11) is 0. The van der Waals surface area contributed by atoms with E-state index in [1.807, 2.05) is 26.0 Å². The molecule has 150 valence electrons. The Morgan fingerprint density at radius 3 is 2.53 bits per heavy atom. The lowest BCUT2D eigenvalue weighted by Crippen LogP contribution is -2.16. The lowest BCUT2D eigenvalue weighted by molar-refractivity contribution is -0.115. The molecule has 0 aliphatic rings. The predicted octanol–water partition coefficient (Wildman–Crippen LogP) is 4.61. The van der Waals surface area contributed by atoms with Gasteiger partial charge < -0.3 is 15.6 Å². The Morgan fingerprint density at radius 1 is 0.967 bits per heavy atom. The van der Waals surface area contributed by atoms with E-state index in [1.165, 1.54) is 6.20 Å². The number of nitrogens with one attached hydrogen (secondary N) is 3. The second-order valence-corrected chi connectivity index (χ2v) is 7.28. The molecule has 6 heteroatoms. The van der Waals surface area contributed by atoms with Gasteiger partial charge >= 0.3 is 0 Å². The van der Waals surface area contributed by atoms with E-state index in [1.54, 1.807) is 42.6 Å². The van der Waals surface area contributed by atoms with Crippen LogP contribution in [0.25, 0.3) is 10.9 Å². The second-order valence-electron chi connectivity index (χ2n) is 7.28. The number of fused-ring (bicyclic) bond motifs is 1. The molecule has 2 heterocycles. The smallest absolute Gasteiger partial charge is 0.257 e. The van der Waals surface area contributed by atoms with Crippen molar-refractivity contribution in [1.82, 2.24) is 9.97 Å². The number of pyridine rings is 1. The quantitative estimate of drug-likeness (QED) is 0.459. The number of carbonyl (C=O) groups excluding carboxylic acids is 2. The van der Waals surface area contributed by atoms with Gasteiger partial charge in [-0.15, -0.1) is 0 Å². The zero-order chi connectivity index (χ0) is 21.1. The van der Waals surface area contributed by atoms with Crippen molar-refractivity contribution in [1.29, 1.82) is 0 Å². The number of aromatic amines is 1. The summed E-state index contributed by atoms with van der Waals surface area (Å²) in [6, 6.07) is 16.7. The van der Waals surface area contributed by atoms with Crippen LogP contribution in [0.5, 0.6) is 0 Å². The van der Waals surface area contributed by atoms with Gasteiger partial charge in [-0.05, 0) is 61.9 Å². The first-order chi connectivity index (χ1) is 14.5. The van der Waals surface area contributed by atoms with Crippen molar-refractivity contribution in [3.63, 3.8) is 0 Å². The van der Waals surface area contributed by atoms with Gasteiger partial charge in [0.05, 0.1) is 12.0 Å². The highest BCUT2D eigenvalue weighted by Crippen LogP contribution is 2.24. The highest BCUT2D eigenvalue weighted by molar-refractivity contribution is 6.04. The molecule has 0 bridgehead atoms. The largest absolute Gasteiger partial charge is 0.358 e. The summed E-state index contributed by atoms with van der Waals surface area (Å²) < 4.78 is 0. The molecular formula is C24H22N4O2. The number of aryl methyl sites for hydroxylation is 2. The van der Waals surface area contributed by atoms with E-state index >= 15 is 0 Å². The van der Waals surface area contributed by atoms with Gasteiger partial charge in [0.25, 0.3) is 5.91 Å². The average Bonchev–Trinajstić information content (AvgIpc) is 3.03. The van der Waals surface area contributed by atoms with Crippen LogP contribution in [0.1, 0.15) is 27.2 Å². The number of aromatic nitrogens is 2. The minimum atomic E-state index is -0.253. The molecule has 0 saturated heterocycles. The van der Waals surface area contributed by atoms with Gasteiger partial charge in [0.2, 0.25) is 5.91 Å². The Hall–Kier alpha value is -3.93. The Kier molecular flexibility index (Phi) is 5.30. The number of hydrogen-bond acceptors (Lipinski definition) is 3. The van der Waals surface area contributed by atoms with Crippen LogP contribution in [-0.2, 0) is 11.2 Å². The van der Waals surface area contributed by atoms with E-state index < -0.39 is 0 Å². The first kappa shape index (κ1) is 19.4. The van der Waals surface area contributed by atoms with E-state index in [-0.39, 0.29) is 18.2 Å². The van der Waals surface area contributed by atoms with Crippen LogP contribution in [-0.4, -0.2) is 21.8 Å². The third kappa shape index (κ3) is 4.22. The molecule has 0 saturated carbocycles. The number of carbonyl (C=O) groups is 2. The summed E-state index contributed by atoms with van der Waals surface area (Å²) in [6.45, 7) is 4.02. The molecular weight excluding hydrogens is 376 g/mol. The molecule has 0 atom stereocenters. The minimum Gasteiger partial charge on any atom is -0.358 e. The first-order valence-corrected chi connectivity index (χ1v) is 9.69. The van der Waals surface area contributed by atoms with Gasteiger partial charge in [-0.1, -0.05) is 17.7 Å². The molecule has 3 N–H and O–H groups in total. The number of rotatable bonds is 5. The summed E-state index contributed by atoms with van der Waals surface area (Å²) in [5.41, 5.74) is 5.85. The van der Waals surface area contributed by atoms with Crippen molar-refractivity contribution in [3.05, 3.63) is 89.4 Å². The van der Waals surface area contributed by atoms with E-state index in [0.717, 1.165) is 27.7 Å². The SMILES string of the molecule is Cc1ccc2[nH]c(C)c(CC(=O)Nc3cccc(NC(=O)c4cccnc4)c3)c2c1. The molecule has 0 aliphatic carbocycles. The maximum Gasteiger partial charge on any atom is 0.257 e. The summed E-state index contributed by atoms with van der Waals surface area (Å²) in [4.78, 5) is 32.3. The van der Waals surface area contributed by atoms with Crippen LogP contribution in [0.4, 0.5) is 11.4 Å². The molecule has 2 aromatic heterocycles. The van der Waals surface area contributed by atoms with Crippen molar-refractivity contribution >= 4 is 34.1 Å². The molecule has 4 rings (SSSR count). The molecule has 0 aliphatic heterocycles.